The van der Waals surface area contributed by atoms with Gasteiger partial charge in [0.15, 0.2) is 9.84 Å². The number of rotatable bonds is 4. The quantitative estimate of drug-likeness (QED) is 0.840. The third-order valence-electron chi connectivity index (χ3n) is 2.83. The lowest BCUT2D eigenvalue weighted by atomic mass is 10.2. The molecule has 4 nitrogen and oxygen atoms in total. The molecule has 0 aromatic carbocycles. The minimum Gasteiger partial charge on any atom is -0.316 e. The zero-order chi connectivity index (χ0) is 12.3. The summed E-state index contributed by atoms with van der Waals surface area (Å²) in [5.74, 6) is 0.552. The molecule has 17 heavy (non-hydrogen) atoms. The molecule has 2 heterocycles. The summed E-state index contributed by atoms with van der Waals surface area (Å²) in [5, 5.41) is 3.55. The van der Waals surface area contributed by atoms with Crippen molar-refractivity contribution in [3.05, 3.63) is 29.0 Å². The zero-order valence-electron chi connectivity index (χ0n) is 9.39. The largest absolute Gasteiger partial charge is 0.316 e. The number of nitrogens with zero attached hydrogens (tertiary/aromatic N) is 1. The first-order chi connectivity index (χ1) is 8.05. The SMILES string of the molecule is O=S(=O)(Cc1ccc(Cl)nc1)C[C@H]1CCNC1. The molecule has 0 amide bonds. The maximum Gasteiger partial charge on any atom is 0.154 e. The molecule has 1 fully saturated rings. The number of hydrogen-bond acceptors (Lipinski definition) is 4. The van der Waals surface area contributed by atoms with Gasteiger partial charge in [-0.3, -0.25) is 0 Å². The van der Waals surface area contributed by atoms with E-state index < -0.39 is 9.84 Å². The molecular weight excluding hydrogens is 260 g/mol. The molecule has 0 radical (unpaired) electrons. The van der Waals surface area contributed by atoms with Crippen molar-refractivity contribution in [3.63, 3.8) is 0 Å². The van der Waals surface area contributed by atoms with Crippen LogP contribution in [0, 0.1) is 5.92 Å². The highest BCUT2D eigenvalue weighted by atomic mass is 35.5. The lowest BCUT2D eigenvalue weighted by molar-refractivity contribution is 0.569. The molecule has 0 saturated carbocycles. The molecule has 1 aliphatic rings. The van der Waals surface area contributed by atoms with E-state index in [-0.39, 0.29) is 17.4 Å². The fourth-order valence-corrected chi connectivity index (χ4v) is 3.93. The van der Waals surface area contributed by atoms with Gasteiger partial charge in [0.1, 0.15) is 5.15 Å². The third kappa shape index (κ3) is 3.94. The lowest BCUT2D eigenvalue weighted by Crippen LogP contribution is -2.20. The third-order valence-corrected chi connectivity index (χ3v) is 4.80. The Labute approximate surface area is 106 Å². The molecule has 1 aromatic rings. The summed E-state index contributed by atoms with van der Waals surface area (Å²) in [7, 11) is -3.05. The minimum atomic E-state index is -3.05. The van der Waals surface area contributed by atoms with Gasteiger partial charge >= 0.3 is 0 Å². The Morgan fingerprint density at radius 2 is 2.29 bits per heavy atom. The van der Waals surface area contributed by atoms with Gasteiger partial charge in [-0.2, -0.15) is 0 Å². The Kier molecular flexibility index (Phi) is 4.01. The highest BCUT2D eigenvalue weighted by molar-refractivity contribution is 7.90. The smallest absolute Gasteiger partial charge is 0.154 e. The van der Waals surface area contributed by atoms with Crippen molar-refractivity contribution in [2.45, 2.75) is 12.2 Å². The monoisotopic (exact) mass is 274 g/mol. The molecule has 0 bridgehead atoms. The van der Waals surface area contributed by atoms with Crippen LogP contribution in [0.3, 0.4) is 0 Å². The normalized spacial score (nSPS) is 20.6. The van der Waals surface area contributed by atoms with Gasteiger partial charge in [0.25, 0.3) is 0 Å². The maximum absolute atomic E-state index is 12.0. The fraction of sp³-hybridized carbons (Fsp3) is 0.545. The van der Waals surface area contributed by atoms with Crippen LogP contribution in [-0.4, -0.2) is 32.2 Å². The van der Waals surface area contributed by atoms with E-state index in [0.29, 0.717) is 10.7 Å². The van der Waals surface area contributed by atoms with Gasteiger partial charge < -0.3 is 5.32 Å². The second-order valence-corrected chi connectivity index (χ2v) is 6.90. The molecule has 6 heteroatoms. The first-order valence-electron chi connectivity index (χ1n) is 5.57. The molecule has 1 aliphatic heterocycles. The van der Waals surface area contributed by atoms with E-state index in [4.69, 9.17) is 11.6 Å². The molecule has 0 spiro atoms. The van der Waals surface area contributed by atoms with Crippen molar-refractivity contribution < 1.29 is 8.42 Å². The van der Waals surface area contributed by atoms with Crippen LogP contribution < -0.4 is 5.32 Å². The predicted octanol–water partition coefficient (Wildman–Crippen LogP) is 1.26. The van der Waals surface area contributed by atoms with Crippen LogP contribution in [0.2, 0.25) is 5.15 Å². The van der Waals surface area contributed by atoms with Gasteiger partial charge in [0.05, 0.1) is 11.5 Å². The second-order valence-electron chi connectivity index (χ2n) is 4.40. The Morgan fingerprint density at radius 3 is 2.88 bits per heavy atom. The average Bonchev–Trinajstić information content (AvgIpc) is 2.73. The fourth-order valence-electron chi connectivity index (χ4n) is 2.02. The van der Waals surface area contributed by atoms with Gasteiger partial charge in [0, 0.05) is 6.20 Å². The van der Waals surface area contributed by atoms with E-state index in [2.05, 4.69) is 10.3 Å². The van der Waals surface area contributed by atoms with Gasteiger partial charge in [-0.05, 0) is 37.1 Å². The molecule has 1 N–H and O–H groups in total. The van der Waals surface area contributed by atoms with E-state index >= 15 is 0 Å². The summed E-state index contributed by atoms with van der Waals surface area (Å²) >= 11 is 5.65. The summed E-state index contributed by atoms with van der Waals surface area (Å²) in [5.41, 5.74) is 0.695. The molecule has 1 saturated heterocycles. The van der Waals surface area contributed by atoms with E-state index in [1.54, 1.807) is 12.1 Å². The summed E-state index contributed by atoms with van der Waals surface area (Å²) in [6, 6.07) is 3.32. The van der Waals surface area contributed by atoms with Crippen LogP contribution in [0.25, 0.3) is 0 Å². The van der Waals surface area contributed by atoms with Gasteiger partial charge in [-0.15, -0.1) is 0 Å². The van der Waals surface area contributed by atoms with Crippen LogP contribution in [0.1, 0.15) is 12.0 Å². The molecule has 1 aromatic heterocycles. The summed E-state index contributed by atoms with van der Waals surface area (Å²) in [6.07, 6.45) is 2.46. The van der Waals surface area contributed by atoms with Gasteiger partial charge in [0.2, 0.25) is 0 Å². The number of hydrogen-bond donors (Lipinski definition) is 1. The second kappa shape index (κ2) is 5.33. The molecule has 94 valence electrons. The van der Waals surface area contributed by atoms with Crippen molar-refractivity contribution in [2.75, 3.05) is 18.8 Å². The zero-order valence-corrected chi connectivity index (χ0v) is 11.0. The van der Waals surface area contributed by atoms with Crippen molar-refractivity contribution >= 4 is 21.4 Å². The molecule has 1 atom stereocenters. The van der Waals surface area contributed by atoms with Crippen LogP contribution in [0.15, 0.2) is 18.3 Å². The number of nitrogens with one attached hydrogen (secondary N) is 1. The van der Waals surface area contributed by atoms with Crippen molar-refractivity contribution in [3.8, 4) is 0 Å². The van der Waals surface area contributed by atoms with Crippen LogP contribution in [0.4, 0.5) is 0 Å². The Balaban J connectivity index is 1.98. The minimum absolute atomic E-state index is 0.0493. The molecule has 2 rings (SSSR count). The van der Waals surface area contributed by atoms with E-state index in [0.717, 1.165) is 19.5 Å². The Bertz CT molecular complexity index is 467. The topological polar surface area (TPSA) is 59.1 Å². The van der Waals surface area contributed by atoms with Gasteiger partial charge in [-0.25, -0.2) is 13.4 Å². The first kappa shape index (κ1) is 12.8. The van der Waals surface area contributed by atoms with Gasteiger partial charge in [-0.1, -0.05) is 17.7 Å². The maximum atomic E-state index is 12.0. The van der Waals surface area contributed by atoms with Crippen molar-refractivity contribution in [1.29, 1.82) is 0 Å². The highest BCUT2D eigenvalue weighted by Gasteiger charge is 2.22. The number of pyridine rings is 1. The van der Waals surface area contributed by atoms with Crippen molar-refractivity contribution in [1.82, 2.24) is 10.3 Å². The Morgan fingerprint density at radius 1 is 1.47 bits per heavy atom. The molecular formula is C11H15ClN2O2S. The average molecular weight is 275 g/mol. The summed E-state index contributed by atoms with van der Waals surface area (Å²) < 4.78 is 23.9. The molecule has 0 unspecified atom stereocenters. The predicted molar refractivity (Wildman–Crippen MR) is 67.7 cm³/mol. The number of halogens is 1. The number of aromatic nitrogens is 1. The standard InChI is InChI=1S/C11H15ClN2O2S/c12-11-2-1-9(6-14-11)7-17(15,16)8-10-3-4-13-5-10/h1-2,6,10,13H,3-5,7-8H2/t10-/m0/s1. The van der Waals surface area contributed by atoms with Crippen LogP contribution in [-0.2, 0) is 15.6 Å². The van der Waals surface area contributed by atoms with Crippen LogP contribution >= 0.6 is 11.6 Å². The Hall–Kier alpha value is -0.650. The summed E-state index contributed by atoms with van der Waals surface area (Å²) in [4.78, 5) is 3.88. The summed E-state index contributed by atoms with van der Waals surface area (Å²) in [6.45, 7) is 1.72. The van der Waals surface area contributed by atoms with E-state index in [1.165, 1.54) is 6.20 Å². The van der Waals surface area contributed by atoms with Crippen molar-refractivity contribution in [2.24, 2.45) is 5.92 Å². The lowest BCUT2D eigenvalue weighted by Gasteiger charge is -2.09. The molecule has 0 aliphatic carbocycles. The van der Waals surface area contributed by atoms with E-state index in [1.807, 2.05) is 0 Å². The highest BCUT2D eigenvalue weighted by Crippen LogP contribution is 2.15. The van der Waals surface area contributed by atoms with E-state index in [9.17, 15) is 8.42 Å². The number of sulfone groups is 1. The van der Waals surface area contributed by atoms with Crippen LogP contribution in [0.5, 0.6) is 0 Å². The first-order valence-corrected chi connectivity index (χ1v) is 7.77.